The van der Waals surface area contributed by atoms with Gasteiger partial charge in [0.05, 0.1) is 11.1 Å². The lowest BCUT2D eigenvalue weighted by molar-refractivity contribution is -0.116. The number of aromatic nitrogens is 1. The van der Waals surface area contributed by atoms with Gasteiger partial charge in [0.25, 0.3) is 0 Å². The van der Waals surface area contributed by atoms with Crippen LogP contribution in [0.2, 0.25) is 0 Å². The van der Waals surface area contributed by atoms with Crippen molar-refractivity contribution in [2.75, 3.05) is 12.1 Å². The summed E-state index contributed by atoms with van der Waals surface area (Å²) in [7, 11) is 0. The molecule has 0 atom stereocenters. The third-order valence-electron chi connectivity index (χ3n) is 5.56. The van der Waals surface area contributed by atoms with Crippen LogP contribution in [0, 0.1) is 12.7 Å². The number of ether oxygens (including phenoxy) is 2. The van der Waals surface area contributed by atoms with Crippen molar-refractivity contribution in [3.8, 4) is 11.5 Å². The first-order chi connectivity index (χ1) is 16.4. The van der Waals surface area contributed by atoms with Crippen molar-refractivity contribution in [3.05, 3.63) is 99.6 Å². The van der Waals surface area contributed by atoms with Crippen LogP contribution >= 0.6 is 0 Å². The third-order valence-corrected chi connectivity index (χ3v) is 5.56. The van der Waals surface area contributed by atoms with E-state index in [1.165, 1.54) is 18.3 Å². The van der Waals surface area contributed by atoms with Crippen LogP contribution in [0.3, 0.4) is 0 Å². The average molecular weight is 458 g/mol. The fourth-order valence-electron chi connectivity index (χ4n) is 3.89. The van der Waals surface area contributed by atoms with Gasteiger partial charge in [-0.25, -0.2) is 4.39 Å². The highest BCUT2D eigenvalue weighted by Gasteiger charge is 2.19. The molecule has 0 fully saturated rings. The van der Waals surface area contributed by atoms with E-state index in [0.29, 0.717) is 28.1 Å². The number of carbonyl (C=O) groups excluding carboxylic acids is 2. The van der Waals surface area contributed by atoms with E-state index in [2.05, 4.69) is 5.32 Å². The number of hydrogen-bond donors (Lipinski definition) is 1. The van der Waals surface area contributed by atoms with Gasteiger partial charge in [-0.1, -0.05) is 11.6 Å². The lowest BCUT2D eigenvalue weighted by Gasteiger charge is -2.14. The summed E-state index contributed by atoms with van der Waals surface area (Å²) in [6.07, 6.45) is 1.38. The molecule has 1 aromatic heterocycles. The summed E-state index contributed by atoms with van der Waals surface area (Å²) in [6.45, 7) is 1.82. The minimum Gasteiger partial charge on any atom is -0.454 e. The molecule has 3 aromatic carbocycles. The van der Waals surface area contributed by atoms with Gasteiger partial charge in [-0.15, -0.1) is 0 Å². The van der Waals surface area contributed by atoms with E-state index in [1.54, 1.807) is 34.9 Å². The van der Waals surface area contributed by atoms with Crippen LogP contribution in [0.5, 0.6) is 11.5 Å². The number of amides is 1. The largest absolute Gasteiger partial charge is 0.454 e. The number of fused-ring (bicyclic) bond motifs is 2. The molecule has 0 aliphatic carbocycles. The van der Waals surface area contributed by atoms with E-state index in [0.717, 1.165) is 17.7 Å². The Bertz CT molecular complexity index is 1510. The summed E-state index contributed by atoms with van der Waals surface area (Å²) in [5, 5.41) is 3.12. The second-order valence-corrected chi connectivity index (χ2v) is 7.97. The van der Waals surface area contributed by atoms with E-state index in [4.69, 9.17) is 9.47 Å². The van der Waals surface area contributed by atoms with E-state index in [9.17, 15) is 18.8 Å². The number of nitrogens with one attached hydrogen (secondary N) is 1. The summed E-state index contributed by atoms with van der Waals surface area (Å²) in [5.74, 6) is -0.246. The molecule has 5 rings (SSSR count). The van der Waals surface area contributed by atoms with Crippen LogP contribution in [-0.4, -0.2) is 23.1 Å². The SMILES string of the molecule is Cc1ccc2c(c1)c(=O)c(C(=O)c1ccc(F)cc1)cn2CC(=O)Nc1ccc2c(c1)OCO2. The van der Waals surface area contributed by atoms with Crippen LogP contribution in [0.4, 0.5) is 10.1 Å². The number of pyridine rings is 1. The standard InChI is InChI=1S/C26H19FN2O5/c1-15-2-8-21-19(10-15)26(32)20(25(31)16-3-5-17(27)6-4-16)12-29(21)13-24(30)28-18-7-9-22-23(11-18)34-14-33-22/h2-12H,13-14H2,1H3,(H,28,30). The Morgan fingerprint density at radius 2 is 1.76 bits per heavy atom. The van der Waals surface area contributed by atoms with Gasteiger partial charge >= 0.3 is 0 Å². The Kier molecular flexibility index (Phi) is 5.33. The van der Waals surface area contributed by atoms with Crippen molar-refractivity contribution < 1.29 is 23.5 Å². The smallest absolute Gasteiger partial charge is 0.244 e. The van der Waals surface area contributed by atoms with Gasteiger partial charge in [-0.05, 0) is 55.5 Å². The number of ketones is 1. The summed E-state index contributed by atoms with van der Waals surface area (Å²) in [6, 6.07) is 15.3. The maximum Gasteiger partial charge on any atom is 0.244 e. The molecule has 2 heterocycles. The van der Waals surface area contributed by atoms with Gasteiger partial charge in [-0.2, -0.15) is 0 Å². The van der Waals surface area contributed by atoms with Crippen LogP contribution in [0.1, 0.15) is 21.5 Å². The number of nitrogens with zero attached hydrogens (tertiary/aromatic N) is 1. The van der Waals surface area contributed by atoms with Gasteiger partial charge in [0.2, 0.25) is 18.1 Å². The van der Waals surface area contributed by atoms with Crippen LogP contribution in [0.15, 0.2) is 71.7 Å². The monoisotopic (exact) mass is 458 g/mol. The quantitative estimate of drug-likeness (QED) is 0.456. The zero-order valence-corrected chi connectivity index (χ0v) is 18.1. The van der Waals surface area contributed by atoms with Crippen molar-refractivity contribution in [1.82, 2.24) is 4.57 Å². The van der Waals surface area contributed by atoms with Gasteiger partial charge < -0.3 is 19.4 Å². The van der Waals surface area contributed by atoms with Gasteiger partial charge in [-0.3, -0.25) is 14.4 Å². The molecule has 34 heavy (non-hydrogen) atoms. The van der Waals surface area contributed by atoms with Gasteiger partial charge in [0.1, 0.15) is 12.4 Å². The maximum atomic E-state index is 13.3. The minimum absolute atomic E-state index is 0.0967. The molecule has 0 saturated carbocycles. The third kappa shape index (κ3) is 4.01. The normalized spacial score (nSPS) is 12.1. The molecule has 0 bridgehead atoms. The number of hydrogen-bond acceptors (Lipinski definition) is 5. The maximum absolute atomic E-state index is 13.3. The Morgan fingerprint density at radius 1 is 1.00 bits per heavy atom. The summed E-state index contributed by atoms with van der Waals surface area (Å²) >= 11 is 0. The van der Waals surface area contributed by atoms with Crippen molar-refractivity contribution >= 4 is 28.3 Å². The van der Waals surface area contributed by atoms with E-state index < -0.39 is 17.0 Å². The molecular weight excluding hydrogens is 439 g/mol. The van der Waals surface area contributed by atoms with Crippen LogP contribution < -0.4 is 20.2 Å². The predicted octanol–water partition coefficient (Wildman–Crippen LogP) is 4.05. The molecule has 0 radical (unpaired) electrons. The molecule has 170 valence electrons. The van der Waals surface area contributed by atoms with E-state index in [1.807, 2.05) is 13.0 Å². The summed E-state index contributed by atoms with van der Waals surface area (Å²) in [5.41, 5.74) is 1.53. The van der Waals surface area contributed by atoms with Crippen molar-refractivity contribution in [2.24, 2.45) is 0 Å². The average Bonchev–Trinajstić information content (AvgIpc) is 3.29. The number of halogens is 1. The first-order valence-corrected chi connectivity index (χ1v) is 10.5. The summed E-state index contributed by atoms with van der Waals surface area (Å²) in [4.78, 5) is 39.1. The number of benzene rings is 3. The number of rotatable bonds is 5. The van der Waals surface area contributed by atoms with Gasteiger partial charge in [0, 0.05) is 28.9 Å². The molecule has 0 spiro atoms. The van der Waals surface area contributed by atoms with Gasteiger partial charge in [0.15, 0.2) is 17.3 Å². The first-order valence-electron chi connectivity index (χ1n) is 10.5. The molecule has 1 amide bonds. The van der Waals surface area contributed by atoms with Crippen molar-refractivity contribution in [1.29, 1.82) is 0 Å². The van der Waals surface area contributed by atoms with Crippen LogP contribution in [-0.2, 0) is 11.3 Å². The molecule has 7 nitrogen and oxygen atoms in total. The second kappa shape index (κ2) is 8.47. The molecular formula is C26H19FN2O5. The zero-order valence-electron chi connectivity index (χ0n) is 18.1. The summed E-state index contributed by atoms with van der Waals surface area (Å²) < 4.78 is 25.5. The molecule has 0 saturated heterocycles. The Balaban J connectivity index is 1.51. The first kappa shape index (κ1) is 21.4. The lowest BCUT2D eigenvalue weighted by atomic mass is 10.0. The molecule has 4 aromatic rings. The number of anilines is 1. The molecule has 8 heteroatoms. The van der Waals surface area contributed by atoms with Crippen molar-refractivity contribution in [2.45, 2.75) is 13.5 Å². The fraction of sp³-hybridized carbons (Fsp3) is 0.115. The highest BCUT2D eigenvalue weighted by atomic mass is 19.1. The van der Waals surface area contributed by atoms with Crippen LogP contribution in [0.25, 0.3) is 10.9 Å². The lowest BCUT2D eigenvalue weighted by Crippen LogP contribution is -2.24. The molecule has 1 aliphatic heterocycles. The Hall–Kier alpha value is -4.46. The van der Waals surface area contributed by atoms with E-state index >= 15 is 0 Å². The topological polar surface area (TPSA) is 86.6 Å². The van der Waals surface area contributed by atoms with Crippen molar-refractivity contribution in [3.63, 3.8) is 0 Å². The number of aryl methyl sites for hydroxylation is 1. The minimum atomic E-state index is -0.543. The molecule has 1 aliphatic rings. The number of carbonyl (C=O) groups is 2. The highest BCUT2D eigenvalue weighted by Crippen LogP contribution is 2.34. The molecule has 0 unspecified atom stereocenters. The zero-order chi connectivity index (χ0) is 23.8. The van der Waals surface area contributed by atoms with E-state index in [-0.39, 0.29) is 30.4 Å². The fourth-order valence-corrected chi connectivity index (χ4v) is 3.89. The molecule has 1 N–H and O–H groups in total. The second-order valence-electron chi connectivity index (χ2n) is 7.97. The highest BCUT2D eigenvalue weighted by molar-refractivity contribution is 6.10. The predicted molar refractivity (Wildman–Crippen MR) is 124 cm³/mol. The Labute approximate surface area is 193 Å². The Morgan fingerprint density at radius 3 is 2.56 bits per heavy atom.